The van der Waals surface area contributed by atoms with Crippen molar-refractivity contribution in [1.82, 2.24) is 5.32 Å². The van der Waals surface area contributed by atoms with Crippen LogP contribution in [0.25, 0.3) is 11.0 Å². The molecule has 0 bridgehead atoms. The highest BCUT2D eigenvalue weighted by molar-refractivity contribution is 9.10. The highest BCUT2D eigenvalue weighted by atomic mass is 79.9. The van der Waals surface area contributed by atoms with E-state index < -0.39 is 18.1 Å². The number of carbonyl (C=O) groups excluding carboxylic acids is 1. The molecule has 0 unspecified atom stereocenters. The average molecular weight is 542 g/mol. The molecule has 0 spiro atoms. The molecule has 0 aliphatic carbocycles. The highest BCUT2D eigenvalue weighted by Gasteiger charge is 2.38. The Morgan fingerprint density at radius 1 is 1.09 bits per heavy atom. The van der Waals surface area contributed by atoms with Crippen LogP contribution in [0.15, 0.2) is 62.2 Å². The molecule has 1 aromatic heterocycles. The Labute approximate surface area is 199 Å². The number of carbonyl (C=O) groups is 2. The zero-order chi connectivity index (χ0) is 24.9. The number of carboxylic acid groups (broad SMARTS) is 1. The lowest BCUT2D eigenvalue weighted by Crippen LogP contribution is -2.43. The van der Waals surface area contributed by atoms with E-state index >= 15 is 0 Å². The number of nitrogens with zero attached hydrogens (tertiary/aromatic N) is 1. The van der Waals surface area contributed by atoms with E-state index in [2.05, 4.69) is 31.5 Å². The third-order valence-corrected chi connectivity index (χ3v) is 5.26. The fraction of sp³-hybridized carbons (Fsp3) is 0.227. The van der Waals surface area contributed by atoms with E-state index in [4.69, 9.17) is 14.3 Å². The van der Waals surface area contributed by atoms with Gasteiger partial charge in [0.2, 0.25) is 0 Å². The average Bonchev–Trinajstić information content (AvgIpc) is 2.79. The second-order valence-corrected chi connectivity index (χ2v) is 8.04. The predicted octanol–water partition coefficient (Wildman–Crippen LogP) is 3.85. The van der Waals surface area contributed by atoms with Crippen molar-refractivity contribution >= 4 is 50.2 Å². The summed E-state index contributed by atoms with van der Waals surface area (Å²) in [6.45, 7) is 3.50. The maximum atomic E-state index is 12.8. The molecule has 1 fully saturated rings. The van der Waals surface area contributed by atoms with Gasteiger partial charge in [-0.15, -0.1) is 0 Å². The molecule has 12 heteroatoms. The first-order chi connectivity index (χ1) is 16.1. The number of hydrogen-bond acceptors (Lipinski definition) is 6. The summed E-state index contributed by atoms with van der Waals surface area (Å²) in [5, 5.41) is 13.8. The Morgan fingerprint density at radius 2 is 1.74 bits per heavy atom. The lowest BCUT2D eigenvalue weighted by Gasteiger charge is -2.31. The molecule has 1 aliphatic rings. The van der Waals surface area contributed by atoms with Crippen LogP contribution in [0.4, 0.5) is 24.5 Å². The first-order valence-corrected chi connectivity index (χ1v) is 10.7. The number of carboxylic acids is 1. The maximum absolute atomic E-state index is 12.8. The predicted molar refractivity (Wildman–Crippen MR) is 123 cm³/mol. The summed E-state index contributed by atoms with van der Waals surface area (Å²) in [6.07, 6.45) is -5.08. The molecule has 2 aromatic carbocycles. The molecule has 34 heavy (non-hydrogen) atoms. The topological polar surface area (TPSA) is 112 Å². The SMILES string of the molecule is O=C(Nc1cc(Br)ccc1N1CCNCC1)c1cc(=O)c2ccccc2o1.O=C(O)C(F)(F)F. The van der Waals surface area contributed by atoms with E-state index in [0.29, 0.717) is 16.7 Å². The number of alkyl halides is 3. The molecule has 0 radical (unpaired) electrons. The zero-order valence-corrected chi connectivity index (χ0v) is 19.1. The quantitative estimate of drug-likeness (QED) is 0.461. The summed E-state index contributed by atoms with van der Waals surface area (Å²) in [5.41, 5.74) is 1.77. The van der Waals surface area contributed by atoms with Gasteiger partial charge in [0, 0.05) is 36.7 Å². The molecule has 3 N–H and O–H groups in total. The molecule has 1 aliphatic heterocycles. The van der Waals surface area contributed by atoms with Gasteiger partial charge in [0.05, 0.1) is 16.8 Å². The Bertz CT molecular complexity index is 1260. The second kappa shape index (κ2) is 10.7. The summed E-state index contributed by atoms with van der Waals surface area (Å²) in [6, 6.07) is 13.9. The van der Waals surface area contributed by atoms with Crippen molar-refractivity contribution in [3.05, 3.63) is 69.0 Å². The standard InChI is InChI=1S/C20H18BrN3O3.C2HF3O2/c21-13-5-6-16(24-9-7-22-8-10-24)15(11-13)23-20(26)19-12-17(25)14-3-1-2-4-18(14)27-19;3-2(4,5)1(6)7/h1-6,11-12,22H,7-10H2,(H,23,26);(H,6,7). The number of anilines is 2. The molecule has 4 rings (SSSR count). The summed E-state index contributed by atoms with van der Waals surface area (Å²) >= 11 is 3.46. The van der Waals surface area contributed by atoms with Crippen LogP contribution in [0.1, 0.15) is 10.6 Å². The van der Waals surface area contributed by atoms with E-state index in [-0.39, 0.29) is 11.2 Å². The summed E-state index contributed by atoms with van der Waals surface area (Å²) < 4.78 is 38.2. The zero-order valence-electron chi connectivity index (χ0n) is 17.5. The van der Waals surface area contributed by atoms with Gasteiger partial charge in [-0.05, 0) is 30.3 Å². The Balaban J connectivity index is 0.000000406. The minimum Gasteiger partial charge on any atom is -0.475 e. The maximum Gasteiger partial charge on any atom is 0.490 e. The van der Waals surface area contributed by atoms with Gasteiger partial charge < -0.3 is 25.1 Å². The van der Waals surface area contributed by atoms with E-state index in [1.54, 1.807) is 24.3 Å². The number of rotatable bonds is 3. The molecular formula is C22H19BrF3N3O5. The van der Waals surface area contributed by atoms with Gasteiger partial charge in [-0.3, -0.25) is 9.59 Å². The van der Waals surface area contributed by atoms with E-state index in [9.17, 15) is 22.8 Å². The van der Waals surface area contributed by atoms with Crippen LogP contribution in [-0.4, -0.2) is 49.3 Å². The number of fused-ring (bicyclic) bond motifs is 1. The number of amides is 1. The van der Waals surface area contributed by atoms with Crippen molar-refractivity contribution in [1.29, 1.82) is 0 Å². The largest absolute Gasteiger partial charge is 0.490 e. The number of piperazine rings is 1. The van der Waals surface area contributed by atoms with Crippen LogP contribution in [0, 0.1) is 0 Å². The van der Waals surface area contributed by atoms with Gasteiger partial charge in [0.1, 0.15) is 5.58 Å². The third-order valence-electron chi connectivity index (χ3n) is 4.77. The molecule has 0 atom stereocenters. The molecule has 2 heterocycles. The number of aliphatic carboxylic acids is 1. The van der Waals surface area contributed by atoms with E-state index in [0.717, 1.165) is 36.3 Å². The first-order valence-electron chi connectivity index (χ1n) is 9.96. The van der Waals surface area contributed by atoms with Gasteiger partial charge in [-0.2, -0.15) is 13.2 Å². The van der Waals surface area contributed by atoms with E-state index in [1.807, 2.05) is 18.2 Å². The van der Waals surface area contributed by atoms with Crippen LogP contribution in [0.2, 0.25) is 0 Å². The molecule has 3 aromatic rings. The van der Waals surface area contributed by atoms with Crippen molar-refractivity contribution in [3.8, 4) is 0 Å². The molecule has 1 saturated heterocycles. The van der Waals surface area contributed by atoms with Crippen LogP contribution >= 0.6 is 15.9 Å². The van der Waals surface area contributed by atoms with Crippen molar-refractivity contribution in [2.24, 2.45) is 0 Å². The lowest BCUT2D eigenvalue weighted by molar-refractivity contribution is -0.192. The minimum absolute atomic E-state index is 0.00932. The van der Waals surface area contributed by atoms with Crippen molar-refractivity contribution in [2.75, 3.05) is 36.4 Å². The smallest absolute Gasteiger partial charge is 0.475 e. The minimum atomic E-state index is -5.08. The number of benzene rings is 2. The molecule has 1 amide bonds. The third kappa shape index (κ3) is 6.35. The van der Waals surface area contributed by atoms with Gasteiger partial charge in [-0.1, -0.05) is 28.1 Å². The lowest BCUT2D eigenvalue weighted by atomic mass is 10.2. The van der Waals surface area contributed by atoms with Crippen LogP contribution in [0.3, 0.4) is 0 Å². The van der Waals surface area contributed by atoms with Gasteiger partial charge in [0.15, 0.2) is 11.2 Å². The fourth-order valence-electron chi connectivity index (χ4n) is 3.19. The summed E-state index contributed by atoms with van der Waals surface area (Å²) in [5.74, 6) is -3.22. The monoisotopic (exact) mass is 541 g/mol. The van der Waals surface area contributed by atoms with Crippen molar-refractivity contribution in [2.45, 2.75) is 6.18 Å². The van der Waals surface area contributed by atoms with Crippen molar-refractivity contribution < 1.29 is 32.3 Å². The summed E-state index contributed by atoms with van der Waals surface area (Å²) in [7, 11) is 0. The molecular weight excluding hydrogens is 523 g/mol. The highest BCUT2D eigenvalue weighted by Crippen LogP contribution is 2.30. The second-order valence-electron chi connectivity index (χ2n) is 7.13. The Kier molecular flexibility index (Phi) is 7.94. The van der Waals surface area contributed by atoms with Crippen molar-refractivity contribution in [3.63, 3.8) is 0 Å². The van der Waals surface area contributed by atoms with E-state index in [1.165, 1.54) is 6.07 Å². The number of hydrogen-bond donors (Lipinski definition) is 3. The number of nitrogens with one attached hydrogen (secondary N) is 2. The van der Waals surface area contributed by atoms with Gasteiger partial charge >= 0.3 is 12.1 Å². The molecule has 180 valence electrons. The first kappa shape index (κ1) is 25.2. The Hall–Kier alpha value is -3.38. The Morgan fingerprint density at radius 3 is 2.38 bits per heavy atom. The molecule has 0 saturated carbocycles. The number of para-hydroxylation sites is 1. The van der Waals surface area contributed by atoms with Crippen LogP contribution < -0.4 is 21.0 Å². The van der Waals surface area contributed by atoms with Crippen LogP contribution in [-0.2, 0) is 4.79 Å². The van der Waals surface area contributed by atoms with Crippen LogP contribution in [0.5, 0.6) is 0 Å². The van der Waals surface area contributed by atoms with Gasteiger partial charge in [0.25, 0.3) is 5.91 Å². The molecule has 8 nitrogen and oxygen atoms in total. The summed E-state index contributed by atoms with van der Waals surface area (Å²) in [4.78, 5) is 36.1. The number of halogens is 4. The normalized spacial score (nSPS) is 13.7. The fourth-order valence-corrected chi connectivity index (χ4v) is 3.55. The van der Waals surface area contributed by atoms with Gasteiger partial charge in [-0.25, -0.2) is 4.79 Å².